The Bertz CT molecular complexity index is 1130. The van der Waals surface area contributed by atoms with Crippen molar-refractivity contribution in [1.82, 2.24) is 5.32 Å². The molecular formula is C46H81NO9. The lowest BCUT2D eigenvalue weighted by Crippen LogP contribution is -3.05. The summed E-state index contributed by atoms with van der Waals surface area (Å²) in [6.45, 7) is 2.62. The Morgan fingerprint density at radius 1 is 0.625 bits per heavy atom. The van der Waals surface area contributed by atoms with Crippen LogP contribution in [0.2, 0.25) is 0 Å². The van der Waals surface area contributed by atoms with Gasteiger partial charge < -0.3 is 44.8 Å². The maximum absolute atomic E-state index is 11.5. The van der Waals surface area contributed by atoms with Crippen molar-refractivity contribution in [2.45, 2.75) is 216 Å². The zero-order chi connectivity index (χ0) is 39.3. The first kappa shape index (κ1) is 43.7. The van der Waals surface area contributed by atoms with Gasteiger partial charge in [0, 0.05) is 0 Å². The van der Waals surface area contributed by atoms with Crippen molar-refractivity contribution in [1.29, 1.82) is 0 Å². The summed E-state index contributed by atoms with van der Waals surface area (Å²) < 4.78 is 17.2. The second kappa shape index (κ2) is 20.0. The molecule has 0 aromatic carbocycles. The van der Waals surface area contributed by atoms with Crippen molar-refractivity contribution in [3.63, 3.8) is 0 Å². The Balaban J connectivity index is 0.780. The molecule has 5 unspecified atom stereocenters. The van der Waals surface area contributed by atoms with Crippen LogP contribution in [0.5, 0.6) is 0 Å². The van der Waals surface area contributed by atoms with E-state index in [9.17, 15) is 30.6 Å². The molecule has 0 radical (unpaired) electrons. The highest BCUT2D eigenvalue weighted by Gasteiger charge is 3.03. The van der Waals surface area contributed by atoms with E-state index >= 15 is 0 Å². The molecule has 8 atom stereocenters. The fourth-order valence-corrected chi connectivity index (χ4v) is 13.6. The van der Waals surface area contributed by atoms with Gasteiger partial charge in [-0.1, -0.05) is 142 Å². The topological polar surface area (TPSA) is 161 Å². The second-order valence-electron chi connectivity index (χ2n) is 20.0. The number of unbranched alkanes of at least 4 members (excludes halogenated alkanes) is 19. The molecule has 6 saturated carbocycles. The highest BCUT2D eigenvalue weighted by molar-refractivity contribution is 5.49. The van der Waals surface area contributed by atoms with Gasteiger partial charge in [-0.3, -0.25) is 5.32 Å². The van der Waals surface area contributed by atoms with E-state index in [-0.39, 0.29) is 12.1 Å². The second-order valence-corrected chi connectivity index (χ2v) is 20.0. The number of nitrogens with one attached hydrogen (secondary N) is 1. The van der Waals surface area contributed by atoms with E-state index in [1.807, 2.05) is 0 Å². The number of aliphatic hydroxyl groups excluding tert-OH is 6. The van der Waals surface area contributed by atoms with Crippen LogP contribution in [0, 0.1) is 46.8 Å². The summed E-state index contributed by atoms with van der Waals surface area (Å²) in [7, 11) is 0. The molecular weight excluding hydrogens is 711 g/mol. The fraction of sp³-hybridized carbons (Fsp3) is 1.00. The Hall–Kier alpha value is -0.400. The summed E-state index contributed by atoms with van der Waals surface area (Å²) in [4.78, 5) is 0. The molecule has 0 spiro atoms. The van der Waals surface area contributed by atoms with Gasteiger partial charge in [-0.05, 0) is 66.1 Å². The zero-order valence-corrected chi connectivity index (χ0v) is 34.9. The van der Waals surface area contributed by atoms with Crippen LogP contribution in [0.1, 0.15) is 161 Å². The first-order valence-corrected chi connectivity index (χ1v) is 23.9. The minimum absolute atomic E-state index is 0.105. The van der Waals surface area contributed by atoms with E-state index in [1.165, 1.54) is 144 Å². The van der Waals surface area contributed by atoms with Crippen LogP contribution in [0.25, 0.3) is 0 Å². The summed E-state index contributed by atoms with van der Waals surface area (Å²) in [6.07, 6.45) is 20.3. The highest BCUT2D eigenvalue weighted by atomic mass is 16.7. The Kier molecular flexibility index (Phi) is 15.6. The lowest BCUT2D eigenvalue weighted by atomic mass is 8.96. The molecule has 0 aromatic heterocycles. The lowest BCUT2D eigenvalue weighted by molar-refractivity contribution is -0.616. The molecule has 6 aliphatic carbocycles. The first-order valence-electron chi connectivity index (χ1n) is 23.9. The smallest absolute Gasteiger partial charge is 0.186 e. The molecule has 0 bridgehead atoms. The van der Waals surface area contributed by atoms with Crippen molar-refractivity contribution in [3.05, 3.63) is 0 Å². The van der Waals surface area contributed by atoms with Crippen LogP contribution in [0.4, 0.5) is 0 Å². The molecule has 10 heteroatoms. The van der Waals surface area contributed by atoms with E-state index in [4.69, 9.17) is 14.2 Å². The third kappa shape index (κ3) is 8.56. The maximum atomic E-state index is 11.5. The quantitative estimate of drug-likeness (QED) is 0.0393. The number of ether oxygens (including phenoxy) is 3. The van der Waals surface area contributed by atoms with Gasteiger partial charge >= 0.3 is 0 Å². The lowest BCUT2D eigenvalue weighted by Gasteiger charge is -3.08. The van der Waals surface area contributed by atoms with Gasteiger partial charge in [0.15, 0.2) is 6.29 Å². The maximum Gasteiger partial charge on any atom is 0.186 e. The summed E-state index contributed by atoms with van der Waals surface area (Å²) in [6, 6.07) is -0.685. The SMILES string of the molecule is CCCCCCCCCCCCCC[C@@H](O)[C@@H](O)[C@H](COC1OC(CO)C(O)C(O)C1O)NC1(CCCCCCCCCCCC23C4C5C6C4C2C6C53)COC1. The van der Waals surface area contributed by atoms with Gasteiger partial charge in [0.2, 0.25) is 0 Å². The molecule has 2 saturated heterocycles. The molecule has 0 aromatic rings. The molecule has 8 fully saturated rings. The van der Waals surface area contributed by atoms with Crippen LogP contribution in [0.15, 0.2) is 0 Å². The van der Waals surface area contributed by atoms with Gasteiger partial charge in [0.25, 0.3) is 0 Å². The zero-order valence-electron chi connectivity index (χ0n) is 34.9. The van der Waals surface area contributed by atoms with E-state index < -0.39 is 55.6 Å². The van der Waals surface area contributed by atoms with Crippen LogP contribution in [0.3, 0.4) is 0 Å². The molecule has 56 heavy (non-hydrogen) atoms. The standard InChI is InChI=1S/C46H81NO9/c1-2-3-4-5-6-7-8-9-11-14-17-20-23-31(49)40(50)30(27-55-44-43(53)42(52)41(51)32(26-48)56-44)47-45(28-54-29-45)24-21-18-15-12-10-13-16-19-22-25-46-37-34-33-35(37)39(46)36(33)38(34)46/h30-44,47-53H,2-29H2,1H3/t30-,31+,32?,33?,34?,35?,36?,37?,38?,39?,40-,41?,42?,43?,44?,46?/m0/s1. The third-order valence-electron chi connectivity index (χ3n) is 16.6. The van der Waals surface area contributed by atoms with E-state index in [1.54, 1.807) is 6.42 Å². The number of rotatable bonds is 33. The molecule has 2 aliphatic heterocycles. The third-order valence-corrected chi connectivity index (χ3v) is 16.6. The van der Waals surface area contributed by atoms with Crippen LogP contribution < -0.4 is 5.32 Å². The summed E-state index contributed by atoms with van der Waals surface area (Å²) in [5.41, 5.74) is 0.551. The minimum Gasteiger partial charge on any atom is -0.394 e. The van der Waals surface area contributed by atoms with Crippen molar-refractivity contribution in [2.75, 3.05) is 26.4 Å². The van der Waals surface area contributed by atoms with Crippen molar-refractivity contribution in [3.8, 4) is 0 Å². The number of hydrogen-bond donors (Lipinski definition) is 7. The molecule has 0 amide bonds. The van der Waals surface area contributed by atoms with Crippen molar-refractivity contribution < 1.29 is 44.8 Å². The van der Waals surface area contributed by atoms with Crippen LogP contribution >= 0.6 is 0 Å². The average Bonchev–Trinajstić information content (AvgIpc) is 3.20. The highest BCUT2D eigenvalue weighted by Crippen LogP contribution is 3.06. The van der Waals surface area contributed by atoms with Gasteiger partial charge in [0.1, 0.15) is 24.4 Å². The van der Waals surface area contributed by atoms with E-state index in [2.05, 4.69) is 12.2 Å². The van der Waals surface area contributed by atoms with Gasteiger partial charge in [0.05, 0.1) is 50.2 Å². The Labute approximate surface area is 338 Å². The summed E-state index contributed by atoms with van der Waals surface area (Å²) in [5.74, 6) is 8.50. The summed E-state index contributed by atoms with van der Waals surface area (Å²) in [5, 5.41) is 67.0. The first-order chi connectivity index (χ1) is 27.3. The monoisotopic (exact) mass is 792 g/mol. The number of hydrogen-bond acceptors (Lipinski definition) is 10. The Morgan fingerprint density at radius 2 is 1.12 bits per heavy atom. The minimum atomic E-state index is -1.55. The molecule has 8 rings (SSSR count). The van der Waals surface area contributed by atoms with E-state index in [0.717, 1.165) is 43.9 Å². The molecule has 8 aliphatic rings. The predicted octanol–water partition coefficient (Wildman–Crippen LogP) is 6.00. The van der Waals surface area contributed by atoms with Crippen molar-refractivity contribution in [2.24, 2.45) is 46.8 Å². The van der Waals surface area contributed by atoms with Gasteiger partial charge in [-0.15, -0.1) is 0 Å². The molecule has 2 heterocycles. The molecule has 7 N–H and O–H groups in total. The number of aliphatic hydroxyl groups is 6. The van der Waals surface area contributed by atoms with Gasteiger partial charge in [-0.25, -0.2) is 0 Å². The largest absolute Gasteiger partial charge is 0.394 e. The van der Waals surface area contributed by atoms with E-state index in [0.29, 0.717) is 19.6 Å². The molecule has 324 valence electrons. The normalized spacial score (nSPS) is 39.3. The van der Waals surface area contributed by atoms with Crippen LogP contribution in [-0.4, -0.2) is 112 Å². The summed E-state index contributed by atoms with van der Waals surface area (Å²) >= 11 is 0. The van der Waals surface area contributed by atoms with Gasteiger partial charge in [-0.2, -0.15) is 0 Å². The fourth-order valence-electron chi connectivity index (χ4n) is 13.6. The Morgan fingerprint density at radius 3 is 1.62 bits per heavy atom. The predicted molar refractivity (Wildman–Crippen MR) is 216 cm³/mol. The van der Waals surface area contributed by atoms with Crippen molar-refractivity contribution >= 4 is 0 Å². The van der Waals surface area contributed by atoms with Crippen LogP contribution in [-0.2, 0) is 14.2 Å². The average molecular weight is 792 g/mol. The molecule has 10 nitrogen and oxygen atoms in total.